The number of amides is 1. The van der Waals surface area contributed by atoms with Gasteiger partial charge in [-0.1, -0.05) is 11.6 Å². The van der Waals surface area contributed by atoms with Gasteiger partial charge in [-0.3, -0.25) is 4.79 Å². The third-order valence-electron chi connectivity index (χ3n) is 2.58. The molecule has 0 aliphatic carbocycles. The molecule has 3 nitrogen and oxygen atoms in total. The van der Waals surface area contributed by atoms with E-state index in [-0.39, 0.29) is 5.91 Å². The molecule has 0 N–H and O–H groups in total. The molecule has 0 aromatic heterocycles. The van der Waals surface area contributed by atoms with Crippen LogP contribution in [-0.2, 0) is 0 Å². The van der Waals surface area contributed by atoms with Gasteiger partial charge in [0.15, 0.2) is 0 Å². The lowest BCUT2D eigenvalue weighted by Crippen LogP contribution is -2.32. The second-order valence-corrected chi connectivity index (χ2v) is 4.19. The van der Waals surface area contributed by atoms with Gasteiger partial charge in [-0.05, 0) is 37.6 Å². The fourth-order valence-electron chi connectivity index (χ4n) is 1.63. The average molecular weight is 251 g/mol. The summed E-state index contributed by atoms with van der Waals surface area (Å²) in [6.45, 7) is 4.83. The Hall–Kier alpha value is -1.53. The van der Waals surface area contributed by atoms with Crippen LogP contribution in [0.3, 0.4) is 0 Å². The molecule has 0 aliphatic rings. The highest BCUT2D eigenvalue weighted by Crippen LogP contribution is 2.17. The van der Waals surface area contributed by atoms with E-state index in [1.165, 1.54) is 0 Å². The van der Waals surface area contributed by atoms with Crippen molar-refractivity contribution in [2.24, 2.45) is 0 Å². The van der Waals surface area contributed by atoms with Gasteiger partial charge >= 0.3 is 0 Å². The van der Waals surface area contributed by atoms with Gasteiger partial charge in [-0.25, -0.2) is 0 Å². The lowest BCUT2D eigenvalue weighted by Gasteiger charge is -2.20. The SMILES string of the molecule is CCN(CCC#N)C(=O)c1ccc(Cl)cc1C. The van der Waals surface area contributed by atoms with E-state index in [4.69, 9.17) is 16.9 Å². The molecule has 0 fully saturated rings. The molecule has 1 rings (SSSR count). The van der Waals surface area contributed by atoms with E-state index in [2.05, 4.69) is 0 Å². The van der Waals surface area contributed by atoms with E-state index in [1.807, 2.05) is 19.9 Å². The van der Waals surface area contributed by atoms with Crippen LogP contribution in [0.5, 0.6) is 0 Å². The van der Waals surface area contributed by atoms with Gasteiger partial charge in [-0.15, -0.1) is 0 Å². The van der Waals surface area contributed by atoms with Crippen molar-refractivity contribution in [2.75, 3.05) is 13.1 Å². The number of hydrogen-bond acceptors (Lipinski definition) is 2. The van der Waals surface area contributed by atoms with E-state index in [9.17, 15) is 4.79 Å². The number of aryl methyl sites for hydroxylation is 1. The maximum absolute atomic E-state index is 12.2. The van der Waals surface area contributed by atoms with Crippen LogP contribution < -0.4 is 0 Å². The van der Waals surface area contributed by atoms with Crippen molar-refractivity contribution in [3.05, 3.63) is 34.3 Å². The number of carbonyl (C=O) groups is 1. The van der Waals surface area contributed by atoms with Crippen molar-refractivity contribution in [3.63, 3.8) is 0 Å². The summed E-state index contributed by atoms with van der Waals surface area (Å²) in [6, 6.07) is 7.26. The molecule has 0 unspecified atom stereocenters. The molecule has 90 valence electrons. The highest BCUT2D eigenvalue weighted by molar-refractivity contribution is 6.30. The second kappa shape index (κ2) is 6.27. The summed E-state index contributed by atoms with van der Waals surface area (Å²) >= 11 is 5.85. The molecule has 17 heavy (non-hydrogen) atoms. The Kier molecular flexibility index (Phi) is 4.99. The number of hydrogen-bond donors (Lipinski definition) is 0. The summed E-state index contributed by atoms with van der Waals surface area (Å²) in [7, 11) is 0. The van der Waals surface area contributed by atoms with Crippen molar-refractivity contribution in [1.82, 2.24) is 4.90 Å². The maximum atomic E-state index is 12.2. The fraction of sp³-hybridized carbons (Fsp3) is 0.385. The summed E-state index contributed by atoms with van der Waals surface area (Å²) in [5.74, 6) is -0.0445. The van der Waals surface area contributed by atoms with Crippen molar-refractivity contribution in [1.29, 1.82) is 5.26 Å². The van der Waals surface area contributed by atoms with Crippen molar-refractivity contribution < 1.29 is 4.79 Å². The Labute approximate surface area is 107 Å². The molecule has 0 saturated heterocycles. The first kappa shape index (κ1) is 13.5. The quantitative estimate of drug-likeness (QED) is 0.825. The maximum Gasteiger partial charge on any atom is 0.254 e. The predicted molar refractivity (Wildman–Crippen MR) is 68.0 cm³/mol. The Morgan fingerprint density at radius 2 is 2.24 bits per heavy atom. The van der Waals surface area contributed by atoms with E-state index >= 15 is 0 Å². The number of benzene rings is 1. The standard InChI is InChI=1S/C13H15ClN2O/c1-3-16(8-4-7-15)13(17)12-6-5-11(14)9-10(12)2/h5-6,9H,3-4,8H2,1-2H3. The topological polar surface area (TPSA) is 44.1 Å². The van der Waals surface area contributed by atoms with Gasteiger partial charge in [0.25, 0.3) is 5.91 Å². The number of rotatable bonds is 4. The highest BCUT2D eigenvalue weighted by atomic mass is 35.5. The first-order valence-electron chi connectivity index (χ1n) is 5.52. The number of nitrogens with zero attached hydrogens (tertiary/aromatic N) is 2. The van der Waals surface area contributed by atoms with E-state index in [0.717, 1.165) is 5.56 Å². The third kappa shape index (κ3) is 3.47. The van der Waals surface area contributed by atoms with Crippen LogP contribution in [0.25, 0.3) is 0 Å². The first-order valence-corrected chi connectivity index (χ1v) is 5.90. The highest BCUT2D eigenvalue weighted by Gasteiger charge is 2.15. The zero-order valence-electron chi connectivity index (χ0n) is 10.0. The monoisotopic (exact) mass is 250 g/mol. The molecule has 0 saturated carbocycles. The fourth-order valence-corrected chi connectivity index (χ4v) is 1.85. The van der Waals surface area contributed by atoms with Crippen LogP contribution in [0.2, 0.25) is 5.02 Å². The minimum Gasteiger partial charge on any atom is -0.338 e. The molecule has 1 aromatic carbocycles. The third-order valence-corrected chi connectivity index (χ3v) is 2.82. The second-order valence-electron chi connectivity index (χ2n) is 3.75. The average Bonchev–Trinajstić information content (AvgIpc) is 2.29. The predicted octanol–water partition coefficient (Wildman–Crippen LogP) is 3.02. The van der Waals surface area contributed by atoms with Crippen LogP contribution in [0, 0.1) is 18.3 Å². The molecule has 0 heterocycles. The molecule has 0 radical (unpaired) electrons. The first-order chi connectivity index (χ1) is 8.10. The van der Waals surface area contributed by atoms with Crippen LogP contribution in [-0.4, -0.2) is 23.9 Å². The summed E-state index contributed by atoms with van der Waals surface area (Å²) < 4.78 is 0. The molecular formula is C13H15ClN2O. The Morgan fingerprint density at radius 3 is 2.76 bits per heavy atom. The minimum atomic E-state index is -0.0445. The van der Waals surface area contributed by atoms with E-state index in [0.29, 0.717) is 30.1 Å². The zero-order valence-corrected chi connectivity index (χ0v) is 10.8. The van der Waals surface area contributed by atoms with Crippen LogP contribution >= 0.6 is 11.6 Å². The van der Waals surface area contributed by atoms with Gasteiger partial charge in [0.2, 0.25) is 0 Å². The van der Waals surface area contributed by atoms with Gasteiger partial charge < -0.3 is 4.90 Å². The Bertz CT molecular complexity index is 451. The molecule has 0 spiro atoms. The van der Waals surface area contributed by atoms with Crippen molar-refractivity contribution >= 4 is 17.5 Å². The molecule has 0 bridgehead atoms. The van der Waals surface area contributed by atoms with Crippen LogP contribution in [0.15, 0.2) is 18.2 Å². The van der Waals surface area contributed by atoms with Crippen molar-refractivity contribution in [2.45, 2.75) is 20.3 Å². The minimum absolute atomic E-state index is 0.0445. The van der Waals surface area contributed by atoms with Gasteiger partial charge in [0.1, 0.15) is 0 Å². The molecule has 0 aliphatic heterocycles. The largest absolute Gasteiger partial charge is 0.338 e. The number of nitriles is 1. The summed E-state index contributed by atoms with van der Waals surface area (Å²) in [4.78, 5) is 13.9. The van der Waals surface area contributed by atoms with Gasteiger partial charge in [-0.2, -0.15) is 5.26 Å². The normalized spacial score (nSPS) is 9.76. The molecule has 4 heteroatoms. The Morgan fingerprint density at radius 1 is 1.53 bits per heavy atom. The number of halogens is 1. The lowest BCUT2D eigenvalue weighted by molar-refractivity contribution is 0.0767. The van der Waals surface area contributed by atoms with Gasteiger partial charge in [0, 0.05) is 23.7 Å². The smallest absolute Gasteiger partial charge is 0.254 e. The zero-order chi connectivity index (χ0) is 12.8. The van der Waals surface area contributed by atoms with Crippen molar-refractivity contribution in [3.8, 4) is 6.07 Å². The Balaban J connectivity index is 2.90. The molecular weight excluding hydrogens is 236 g/mol. The molecule has 1 aromatic rings. The van der Waals surface area contributed by atoms with Crippen LogP contribution in [0.1, 0.15) is 29.3 Å². The van der Waals surface area contributed by atoms with E-state index < -0.39 is 0 Å². The number of carbonyl (C=O) groups excluding carboxylic acids is 1. The molecule has 1 amide bonds. The molecule has 0 atom stereocenters. The van der Waals surface area contributed by atoms with Crippen LogP contribution in [0.4, 0.5) is 0 Å². The summed E-state index contributed by atoms with van der Waals surface area (Å²) in [5, 5.41) is 9.17. The summed E-state index contributed by atoms with van der Waals surface area (Å²) in [5.41, 5.74) is 1.51. The van der Waals surface area contributed by atoms with Gasteiger partial charge in [0.05, 0.1) is 12.5 Å². The lowest BCUT2D eigenvalue weighted by atomic mass is 10.1. The van der Waals surface area contributed by atoms with E-state index in [1.54, 1.807) is 23.1 Å². The summed E-state index contributed by atoms with van der Waals surface area (Å²) in [6.07, 6.45) is 0.353.